The molecule has 1 amide bonds. The molecule has 1 fully saturated rings. The van der Waals surface area contributed by atoms with Crippen molar-refractivity contribution in [2.24, 2.45) is 5.41 Å². The van der Waals surface area contributed by atoms with Gasteiger partial charge >= 0.3 is 0 Å². The molecule has 0 aromatic heterocycles. The molecular weight excluding hydrogens is 344 g/mol. The summed E-state index contributed by atoms with van der Waals surface area (Å²) in [4.78, 5) is 23.0. The van der Waals surface area contributed by atoms with Crippen molar-refractivity contribution in [1.29, 1.82) is 0 Å². The Hall–Kier alpha value is -1.93. The first-order valence-electron chi connectivity index (χ1n) is 8.15. The molecule has 0 radical (unpaired) electrons. The first-order valence-corrected chi connectivity index (χ1v) is 9.59. The van der Waals surface area contributed by atoms with E-state index in [9.17, 15) is 23.1 Å². The summed E-state index contributed by atoms with van der Waals surface area (Å²) in [6.07, 6.45) is 0.961. The van der Waals surface area contributed by atoms with E-state index in [1.807, 2.05) is 20.8 Å². The maximum atomic E-state index is 12.7. The first-order chi connectivity index (χ1) is 11.5. The Morgan fingerprint density at radius 2 is 1.72 bits per heavy atom. The number of nitrogens with one attached hydrogen (secondary N) is 1. The first kappa shape index (κ1) is 19.4. The van der Waals surface area contributed by atoms with Gasteiger partial charge in [-0.15, -0.1) is 0 Å². The fraction of sp³-hybridized carbons (Fsp3) is 0.529. The number of sulfonamides is 1. The fourth-order valence-corrected chi connectivity index (χ4v) is 4.29. The molecule has 1 heterocycles. The van der Waals surface area contributed by atoms with E-state index < -0.39 is 21.4 Å². The lowest BCUT2D eigenvalue weighted by molar-refractivity contribution is -0.255. The van der Waals surface area contributed by atoms with Crippen molar-refractivity contribution in [3.63, 3.8) is 0 Å². The monoisotopic (exact) mass is 367 g/mol. The number of rotatable bonds is 4. The number of nitrogens with zero attached hydrogens (tertiary/aromatic N) is 1. The van der Waals surface area contributed by atoms with Crippen molar-refractivity contribution >= 4 is 21.9 Å². The van der Waals surface area contributed by atoms with E-state index in [-0.39, 0.29) is 35.5 Å². The Balaban J connectivity index is 2.10. The van der Waals surface area contributed by atoms with Crippen molar-refractivity contribution < 1.29 is 23.1 Å². The number of benzene rings is 1. The molecular formula is C17H23N2O5S-. The molecule has 1 N–H and O–H groups in total. The third kappa shape index (κ3) is 4.38. The molecule has 8 heteroatoms. The van der Waals surface area contributed by atoms with Gasteiger partial charge in [-0.2, -0.15) is 4.31 Å². The molecule has 0 bridgehead atoms. The highest BCUT2D eigenvalue weighted by molar-refractivity contribution is 7.89. The summed E-state index contributed by atoms with van der Waals surface area (Å²) in [6, 6.07) is 5.34. The van der Waals surface area contributed by atoms with Gasteiger partial charge in [0, 0.05) is 30.1 Å². The Kier molecular flexibility index (Phi) is 5.53. The van der Waals surface area contributed by atoms with Gasteiger partial charge in [0.05, 0.1) is 10.9 Å². The Morgan fingerprint density at radius 3 is 2.24 bits per heavy atom. The third-order valence-electron chi connectivity index (χ3n) is 4.20. The van der Waals surface area contributed by atoms with E-state index >= 15 is 0 Å². The van der Waals surface area contributed by atoms with Crippen LogP contribution in [0.15, 0.2) is 29.2 Å². The number of carbonyl (C=O) groups excluding carboxylic acids is 2. The van der Waals surface area contributed by atoms with E-state index in [4.69, 9.17) is 0 Å². The lowest BCUT2D eigenvalue weighted by Gasteiger charge is -2.33. The lowest BCUT2D eigenvalue weighted by Crippen LogP contribution is -2.49. The number of carbonyl (C=O) groups is 2. The van der Waals surface area contributed by atoms with Gasteiger partial charge in [-0.25, -0.2) is 8.42 Å². The molecule has 0 spiro atoms. The molecule has 1 saturated heterocycles. The van der Waals surface area contributed by atoms with Crippen molar-refractivity contribution in [3.05, 3.63) is 29.8 Å². The van der Waals surface area contributed by atoms with Crippen molar-refractivity contribution in [3.8, 4) is 0 Å². The van der Waals surface area contributed by atoms with Gasteiger partial charge in [-0.3, -0.25) is 4.79 Å². The third-order valence-corrected chi connectivity index (χ3v) is 6.15. The van der Waals surface area contributed by atoms with E-state index in [0.29, 0.717) is 12.8 Å². The van der Waals surface area contributed by atoms with Crippen LogP contribution in [0.1, 0.15) is 44.0 Å². The quantitative estimate of drug-likeness (QED) is 0.827. The van der Waals surface area contributed by atoms with Gasteiger partial charge < -0.3 is 15.2 Å². The van der Waals surface area contributed by atoms with Gasteiger partial charge in [0.15, 0.2) is 0 Å². The summed E-state index contributed by atoms with van der Waals surface area (Å²) in [5.74, 6) is -1.59. The van der Waals surface area contributed by atoms with Crippen LogP contribution in [-0.2, 0) is 14.8 Å². The minimum atomic E-state index is -3.92. The molecule has 0 saturated carbocycles. The molecule has 0 unspecified atom stereocenters. The number of carboxylic acids is 1. The molecule has 0 atom stereocenters. The van der Waals surface area contributed by atoms with Gasteiger partial charge in [-0.1, -0.05) is 39.0 Å². The number of amides is 1. The van der Waals surface area contributed by atoms with Crippen molar-refractivity contribution in [2.75, 3.05) is 13.1 Å². The molecule has 1 aliphatic heterocycles. The standard InChI is InChI=1S/C17H24N2O5S/c1-17(2,3)16(22)18-12-8-10-19(11-9-12)25(23,24)14-7-5-4-6-13(14)15(20)21/h4-7,12H,8-11H2,1-3H3,(H,18,22)(H,20,21)/p-1. The van der Waals surface area contributed by atoms with Crippen LogP contribution in [0.4, 0.5) is 0 Å². The second-order valence-corrected chi connectivity index (χ2v) is 9.09. The SMILES string of the molecule is CC(C)(C)C(=O)NC1CCN(S(=O)(=O)c2ccccc2C(=O)[O-])CC1. The second kappa shape index (κ2) is 7.13. The predicted molar refractivity (Wildman–Crippen MR) is 90.2 cm³/mol. The zero-order valence-electron chi connectivity index (χ0n) is 14.6. The molecule has 7 nitrogen and oxygen atoms in total. The summed E-state index contributed by atoms with van der Waals surface area (Å²) < 4.78 is 26.8. The van der Waals surface area contributed by atoms with E-state index in [2.05, 4.69) is 5.32 Å². The molecule has 1 aromatic carbocycles. The largest absolute Gasteiger partial charge is 0.545 e. The highest BCUT2D eigenvalue weighted by Crippen LogP contribution is 2.24. The lowest BCUT2D eigenvalue weighted by atomic mass is 9.94. The maximum absolute atomic E-state index is 12.7. The van der Waals surface area contributed by atoms with E-state index in [1.165, 1.54) is 28.6 Å². The highest BCUT2D eigenvalue weighted by Gasteiger charge is 2.32. The summed E-state index contributed by atoms with van der Waals surface area (Å²) in [6.45, 7) is 5.90. The van der Waals surface area contributed by atoms with Crippen LogP contribution in [0.2, 0.25) is 0 Å². The van der Waals surface area contributed by atoms with Crippen molar-refractivity contribution in [1.82, 2.24) is 9.62 Å². The summed E-state index contributed by atoms with van der Waals surface area (Å²) in [5.41, 5.74) is -0.845. The average molecular weight is 367 g/mol. The molecule has 138 valence electrons. The smallest absolute Gasteiger partial charge is 0.243 e. The fourth-order valence-electron chi connectivity index (χ4n) is 2.64. The summed E-state index contributed by atoms with van der Waals surface area (Å²) in [7, 11) is -3.92. The van der Waals surface area contributed by atoms with Crippen LogP contribution >= 0.6 is 0 Å². The van der Waals surface area contributed by atoms with Gasteiger partial charge in [0.25, 0.3) is 0 Å². The van der Waals surface area contributed by atoms with Crippen molar-refractivity contribution in [2.45, 2.75) is 44.6 Å². The second-order valence-electron chi connectivity index (χ2n) is 7.19. The van der Waals surface area contributed by atoms with E-state index in [1.54, 1.807) is 0 Å². The van der Waals surface area contributed by atoms with E-state index in [0.717, 1.165) is 0 Å². The molecule has 25 heavy (non-hydrogen) atoms. The van der Waals surface area contributed by atoms with Crippen LogP contribution in [0, 0.1) is 5.41 Å². The number of carboxylic acid groups (broad SMARTS) is 1. The topological polar surface area (TPSA) is 107 Å². The zero-order valence-corrected chi connectivity index (χ0v) is 15.4. The van der Waals surface area contributed by atoms with Crippen LogP contribution in [0.25, 0.3) is 0 Å². The normalized spacial score (nSPS) is 17.2. The Morgan fingerprint density at radius 1 is 1.16 bits per heavy atom. The number of hydrogen-bond donors (Lipinski definition) is 1. The average Bonchev–Trinajstić information content (AvgIpc) is 2.54. The summed E-state index contributed by atoms with van der Waals surface area (Å²) in [5, 5.41) is 14.1. The highest BCUT2D eigenvalue weighted by atomic mass is 32.2. The maximum Gasteiger partial charge on any atom is 0.243 e. The van der Waals surface area contributed by atoms with Crippen LogP contribution < -0.4 is 10.4 Å². The number of aromatic carboxylic acids is 1. The number of hydrogen-bond acceptors (Lipinski definition) is 5. The minimum absolute atomic E-state index is 0.0731. The van der Waals surface area contributed by atoms with Crippen LogP contribution in [0.3, 0.4) is 0 Å². The van der Waals surface area contributed by atoms with Gasteiger partial charge in [0.1, 0.15) is 0 Å². The summed E-state index contributed by atoms with van der Waals surface area (Å²) >= 11 is 0. The minimum Gasteiger partial charge on any atom is -0.545 e. The van der Waals surface area contributed by atoms with Crippen LogP contribution in [0.5, 0.6) is 0 Å². The molecule has 0 aliphatic carbocycles. The molecule has 1 aliphatic rings. The molecule has 1 aromatic rings. The Labute approximate surface area is 148 Å². The predicted octanol–water partition coefficient (Wildman–Crippen LogP) is 0.366. The Bertz CT molecular complexity index is 759. The van der Waals surface area contributed by atoms with Gasteiger partial charge in [0.2, 0.25) is 15.9 Å². The van der Waals surface area contributed by atoms with Crippen LogP contribution in [-0.4, -0.2) is 43.7 Å². The van der Waals surface area contributed by atoms with Gasteiger partial charge in [-0.05, 0) is 18.9 Å². The molecule has 2 rings (SSSR count). The zero-order chi connectivity index (χ0) is 18.8. The number of piperidine rings is 1.